The third kappa shape index (κ3) is 3.30. The summed E-state index contributed by atoms with van der Waals surface area (Å²) in [5.41, 5.74) is 7.81. The average Bonchev–Trinajstić information content (AvgIpc) is 2.68. The average molecular weight is 232 g/mol. The molecule has 1 aliphatic rings. The van der Waals surface area contributed by atoms with Gasteiger partial charge in [-0.25, -0.2) is 0 Å². The molecular weight excluding hydrogens is 208 g/mol. The predicted molar refractivity (Wildman–Crippen MR) is 73.0 cm³/mol. The molecule has 94 valence electrons. The summed E-state index contributed by atoms with van der Waals surface area (Å²) in [4.78, 5) is 2.56. The third-order valence-electron chi connectivity index (χ3n) is 3.81. The molecule has 0 saturated carbocycles. The van der Waals surface area contributed by atoms with Crippen LogP contribution >= 0.6 is 0 Å². The lowest BCUT2D eigenvalue weighted by atomic mass is 9.93. The molecule has 1 aromatic carbocycles. The molecule has 1 aromatic rings. The van der Waals surface area contributed by atoms with Gasteiger partial charge < -0.3 is 5.73 Å². The van der Waals surface area contributed by atoms with Gasteiger partial charge in [0.2, 0.25) is 0 Å². The van der Waals surface area contributed by atoms with Crippen molar-refractivity contribution < 1.29 is 0 Å². The Labute approximate surface area is 105 Å². The number of hydrogen-bond acceptors (Lipinski definition) is 2. The number of rotatable bonds is 4. The van der Waals surface area contributed by atoms with E-state index in [2.05, 4.69) is 49.1 Å². The maximum absolute atomic E-state index is 5.95. The Kier molecular flexibility index (Phi) is 3.85. The van der Waals surface area contributed by atoms with Gasteiger partial charge in [-0.2, -0.15) is 0 Å². The van der Waals surface area contributed by atoms with E-state index in [0.29, 0.717) is 11.5 Å². The highest BCUT2D eigenvalue weighted by atomic mass is 15.2. The van der Waals surface area contributed by atoms with E-state index >= 15 is 0 Å². The molecule has 1 fully saturated rings. The van der Waals surface area contributed by atoms with E-state index in [1.54, 1.807) is 0 Å². The molecule has 1 unspecified atom stereocenters. The Morgan fingerprint density at radius 2 is 2.00 bits per heavy atom. The smallest absolute Gasteiger partial charge is 0.0258 e. The molecule has 1 saturated heterocycles. The molecule has 0 bridgehead atoms. The standard InChI is InChI=1S/C15H24N2/c1-15(2)8-9-17(12-15)14(11-16)10-13-6-4-3-5-7-13/h3-7,14H,8-12,16H2,1-2H3. The molecule has 1 atom stereocenters. The quantitative estimate of drug-likeness (QED) is 0.863. The zero-order valence-electron chi connectivity index (χ0n) is 11.0. The summed E-state index contributed by atoms with van der Waals surface area (Å²) in [5.74, 6) is 0. The minimum absolute atomic E-state index is 0.462. The van der Waals surface area contributed by atoms with Gasteiger partial charge in [-0.1, -0.05) is 44.2 Å². The van der Waals surface area contributed by atoms with Crippen molar-refractivity contribution in [1.82, 2.24) is 4.90 Å². The summed E-state index contributed by atoms with van der Waals surface area (Å²) < 4.78 is 0. The first-order valence-corrected chi connectivity index (χ1v) is 6.59. The van der Waals surface area contributed by atoms with Gasteiger partial charge in [-0.15, -0.1) is 0 Å². The maximum atomic E-state index is 5.95. The van der Waals surface area contributed by atoms with Crippen molar-refractivity contribution in [2.24, 2.45) is 11.1 Å². The minimum Gasteiger partial charge on any atom is -0.329 e. The lowest BCUT2D eigenvalue weighted by Crippen LogP contribution is -2.41. The Hall–Kier alpha value is -0.860. The number of likely N-dealkylation sites (tertiary alicyclic amines) is 1. The second-order valence-corrected chi connectivity index (χ2v) is 5.96. The fourth-order valence-electron chi connectivity index (χ4n) is 2.71. The van der Waals surface area contributed by atoms with Crippen LogP contribution in [-0.4, -0.2) is 30.6 Å². The van der Waals surface area contributed by atoms with Crippen LogP contribution in [0, 0.1) is 5.41 Å². The van der Waals surface area contributed by atoms with Gasteiger partial charge in [-0.05, 0) is 30.4 Å². The second kappa shape index (κ2) is 5.19. The number of nitrogens with zero attached hydrogens (tertiary/aromatic N) is 1. The summed E-state index contributed by atoms with van der Waals surface area (Å²) in [7, 11) is 0. The topological polar surface area (TPSA) is 29.3 Å². The molecule has 0 aliphatic carbocycles. The highest BCUT2D eigenvalue weighted by Crippen LogP contribution is 2.30. The Bertz CT molecular complexity index is 345. The Morgan fingerprint density at radius 3 is 2.53 bits per heavy atom. The van der Waals surface area contributed by atoms with Gasteiger partial charge in [0, 0.05) is 19.1 Å². The van der Waals surface area contributed by atoms with Crippen molar-refractivity contribution in [3.8, 4) is 0 Å². The second-order valence-electron chi connectivity index (χ2n) is 5.96. The van der Waals surface area contributed by atoms with Crippen LogP contribution in [0.25, 0.3) is 0 Å². The first kappa shape index (κ1) is 12.6. The van der Waals surface area contributed by atoms with E-state index in [1.165, 1.54) is 25.1 Å². The number of nitrogens with two attached hydrogens (primary N) is 1. The van der Waals surface area contributed by atoms with Crippen LogP contribution in [0.5, 0.6) is 0 Å². The SMILES string of the molecule is CC1(C)CCN(C(CN)Cc2ccccc2)C1. The van der Waals surface area contributed by atoms with E-state index in [4.69, 9.17) is 5.73 Å². The van der Waals surface area contributed by atoms with Crippen LogP contribution in [0.3, 0.4) is 0 Å². The molecule has 2 rings (SSSR count). The van der Waals surface area contributed by atoms with Crippen molar-refractivity contribution >= 4 is 0 Å². The molecule has 2 nitrogen and oxygen atoms in total. The van der Waals surface area contributed by atoms with Gasteiger partial charge in [0.05, 0.1) is 0 Å². The van der Waals surface area contributed by atoms with Crippen molar-refractivity contribution in [2.75, 3.05) is 19.6 Å². The summed E-state index contributed by atoms with van der Waals surface area (Å²) in [5, 5.41) is 0. The number of benzene rings is 1. The minimum atomic E-state index is 0.462. The van der Waals surface area contributed by atoms with Crippen molar-refractivity contribution in [3.63, 3.8) is 0 Å². The monoisotopic (exact) mass is 232 g/mol. The molecule has 1 heterocycles. The lowest BCUT2D eigenvalue weighted by molar-refractivity contribution is 0.220. The van der Waals surface area contributed by atoms with Crippen LogP contribution in [0.2, 0.25) is 0 Å². The molecule has 2 heteroatoms. The maximum Gasteiger partial charge on any atom is 0.0258 e. The summed E-state index contributed by atoms with van der Waals surface area (Å²) in [6.45, 7) is 7.83. The van der Waals surface area contributed by atoms with E-state index in [0.717, 1.165) is 13.0 Å². The lowest BCUT2D eigenvalue weighted by Gasteiger charge is -2.28. The first-order valence-electron chi connectivity index (χ1n) is 6.59. The first-order chi connectivity index (χ1) is 8.11. The zero-order valence-corrected chi connectivity index (χ0v) is 11.0. The molecule has 0 amide bonds. The molecule has 0 spiro atoms. The molecule has 17 heavy (non-hydrogen) atoms. The highest BCUT2D eigenvalue weighted by Gasteiger charge is 2.32. The van der Waals surface area contributed by atoms with Gasteiger partial charge in [0.15, 0.2) is 0 Å². The molecular formula is C15H24N2. The fraction of sp³-hybridized carbons (Fsp3) is 0.600. The molecule has 2 N–H and O–H groups in total. The summed E-state index contributed by atoms with van der Waals surface area (Å²) in [6, 6.07) is 11.2. The van der Waals surface area contributed by atoms with E-state index in [-0.39, 0.29) is 0 Å². The summed E-state index contributed by atoms with van der Waals surface area (Å²) >= 11 is 0. The van der Waals surface area contributed by atoms with Crippen LogP contribution < -0.4 is 5.73 Å². The summed E-state index contributed by atoms with van der Waals surface area (Å²) in [6.07, 6.45) is 2.37. The highest BCUT2D eigenvalue weighted by molar-refractivity contribution is 5.16. The van der Waals surface area contributed by atoms with Crippen LogP contribution in [0.15, 0.2) is 30.3 Å². The third-order valence-corrected chi connectivity index (χ3v) is 3.81. The predicted octanol–water partition coefficient (Wildman–Crippen LogP) is 2.29. The van der Waals surface area contributed by atoms with Crippen LogP contribution in [-0.2, 0) is 6.42 Å². The van der Waals surface area contributed by atoms with Crippen molar-refractivity contribution in [1.29, 1.82) is 0 Å². The van der Waals surface area contributed by atoms with Crippen LogP contribution in [0.1, 0.15) is 25.8 Å². The Balaban J connectivity index is 1.98. The van der Waals surface area contributed by atoms with Crippen molar-refractivity contribution in [3.05, 3.63) is 35.9 Å². The molecule has 1 aliphatic heterocycles. The van der Waals surface area contributed by atoms with Gasteiger partial charge in [0.1, 0.15) is 0 Å². The number of hydrogen-bond donors (Lipinski definition) is 1. The molecule has 0 radical (unpaired) electrons. The van der Waals surface area contributed by atoms with Crippen LogP contribution in [0.4, 0.5) is 0 Å². The molecule has 0 aromatic heterocycles. The van der Waals surface area contributed by atoms with E-state index < -0.39 is 0 Å². The largest absolute Gasteiger partial charge is 0.329 e. The zero-order chi connectivity index (χ0) is 12.3. The Morgan fingerprint density at radius 1 is 1.29 bits per heavy atom. The van der Waals surface area contributed by atoms with E-state index in [9.17, 15) is 0 Å². The van der Waals surface area contributed by atoms with Gasteiger partial charge in [0.25, 0.3) is 0 Å². The normalized spacial score (nSPS) is 21.6. The van der Waals surface area contributed by atoms with Gasteiger partial charge >= 0.3 is 0 Å². The fourth-order valence-corrected chi connectivity index (χ4v) is 2.71. The van der Waals surface area contributed by atoms with E-state index in [1.807, 2.05) is 0 Å². The van der Waals surface area contributed by atoms with Crippen molar-refractivity contribution in [2.45, 2.75) is 32.7 Å². The van der Waals surface area contributed by atoms with Gasteiger partial charge in [-0.3, -0.25) is 4.90 Å².